The van der Waals surface area contributed by atoms with Crippen molar-refractivity contribution in [2.75, 3.05) is 13.2 Å². The quantitative estimate of drug-likeness (QED) is 0.818. The van der Waals surface area contributed by atoms with Gasteiger partial charge < -0.3 is 10.1 Å². The molecule has 0 saturated carbocycles. The van der Waals surface area contributed by atoms with Crippen LogP contribution < -0.4 is 5.32 Å². The Bertz CT molecular complexity index is 336. The van der Waals surface area contributed by atoms with Gasteiger partial charge in [-0.3, -0.25) is 0 Å². The van der Waals surface area contributed by atoms with Crippen molar-refractivity contribution < 1.29 is 4.74 Å². The van der Waals surface area contributed by atoms with Crippen molar-refractivity contribution in [3.05, 3.63) is 21.9 Å². The molecular weight excluding hydrogens is 196 g/mol. The number of nitriles is 1. The smallest absolute Gasteiger partial charge is 0.110 e. The molecule has 1 N–H and O–H groups in total. The van der Waals surface area contributed by atoms with Gasteiger partial charge in [0.15, 0.2) is 0 Å². The van der Waals surface area contributed by atoms with E-state index < -0.39 is 0 Å². The lowest BCUT2D eigenvalue weighted by molar-refractivity contribution is 0.190. The van der Waals surface area contributed by atoms with Crippen LogP contribution in [0.1, 0.15) is 16.2 Å². The Morgan fingerprint density at radius 2 is 2.57 bits per heavy atom. The van der Waals surface area contributed by atoms with Gasteiger partial charge in [0.25, 0.3) is 0 Å². The number of hydrogen-bond donors (Lipinski definition) is 1. The molecule has 0 aromatic carbocycles. The lowest BCUT2D eigenvalue weighted by Crippen LogP contribution is -2.28. The summed E-state index contributed by atoms with van der Waals surface area (Å²) in [5.74, 6) is 0. The van der Waals surface area contributed by atoms with E-state index in [4.69, 9.17) is 10.00 Å². The molecular formula is C10H12N2OS. The summed E-state index contributed by atoms with van der Waals surface area (Å²) in [5, 5.41) is 12.1. The third-order valence-electron chi connectivity index (χ3n) is 2.27. The summed E-state index contributed by atoms with van der Waals surface area (Å²) in [5.41, 5.74) is 0. The van der Waals surface area contributed by atoms with Crippen LogP contribution in [0.15, 0.2) is 12.1 Å². The van der Waals surface area contributed by atoms with Crippen LogP contribution in [-0.4, -0.2) is 19.3 Å². The van der Waals surface area contributed by atoms with Crippen molar-refractivity contribution in [1.82, 2.24) is 5.32 Å². The fourth-order valence-corrected chi connectivity index (χ4v) is 2.23. The van der Waals surface area contributed by atoms with Crippen LogP contribution in [-0.2, 0) is 11.3 Å². The highest BCUT2D eigenvalue weighted by molar-refractivity contribution is 7.12. The maximum Gasteiger partial charge on any atom is 0.110 e. The highest BCUT2D eigenvalue weighted by Gasteiger charge is 2.14. The first-order valence-electron chi connectivity index (χ1n) is 4.68. The Labute approximate surface area is 87.3 Å². The first-order valence-corrected chi connectivity index (χ1v) is 5.50. The van der Waals surface area contributed by atoms with Crippen LogP contribution in [0.3, 0.4) is 0 Å². The SMILES string of the molecule is N#Cc1ccc(CNC2CCOC2)s1. The second kappa shape index (κ2) is 4.56. The van der Waals surface area contributed by atoms with Gasteiger partial charge in [0.2, 0.25) is 0 Å². The average molecular weight is 208 g/mol. The van der Waals surface area contributed by atoms with E-state index in [0.29, 0.717) is 6.04 Å². The summed E-state index contributed by atoms with van der Waals surface area (Å²) in [6, 6.07) is 6.50. The molecule has 4 heteroatoms. The van der Waals surface area contributed by atoms with Crippen LogP contribution in [0, 0.1) is 11.3 Å². The highest BCUT2D eigenvalue weighted by atomic mass is 32.1. The van der Waals surface area contributed by atoms with Gasteiger partial charge in [-0.15, -0.1) is 11.3 Å². The normalized spacial score (nSPS) is 20.9. The molecule has 1 aliphatic rings. The molecule has 0 spiro atoms. The van der Waals surface area contributed by atoms with Gasteiger partial charge >= 0.3 is 0 Å². The van der Waals surface area contributed by atoms with Gasteiger partial charge in [-0.05, 0) is 18.6 Å². The molecule has 1 aliphatic heterocycles. The fourth-order valence-electron chi connectivity index (χ4n) is 1.47. The van der Waals surface area contributed by atoms with Crippen molar-refractivity contribution in [3.63, 3.8) is 0 Å². The zero-order chi connectivity index (χ0) is 9.80. The maximum atomic E-state index is 8.65. The van der Waals surface area contributed by atoms with E-state index in [1.165, 1.54) is 4.88 Å². The predicted molar refractivity (Wildman–Crippen MR) is 55.1 cm³/mol. The molecule has 1 atom stereocenters. The van der Waals surface area contributed by atoms with Crippen molar-refractivity contribution in [2.24, 2.45) is 0 Å². The van der Waals surface area contributed by atoms with E-state index in [0.717, 1.165) is 31.1 Å². The van der Waals surface area contributed by atoms with Crippen LogP contribution >= 0.6 is 11.3 Å². The van der Waals surface area contributed by atoms with Gasteiger partial charge in [0, 0.05) is 24.1 Å². The second-order valence-corrected chi connectivity index (χ2v) is 4.49. The van der Waals surface area contributed by atoms with Crippen LogP contribution in [0.5, 0.6) is 0 Å². The Morgan fingerprint density at radius 1 is 1.64 bits per heavy atom. The van der Waals surface area contributed by atoms with E-state index in [1.807, 2.05) is 12.1 Å². The first-order chi connectivity index (χ1) is 6.88. The van der Waals surface area contributed by atoms with Gasteiger partial charge in [-0.25, -0.2) is 0 Å². The summed E-state index contributed by atoms with van der Waals surface area (Å²) < 4.78 is 5.26. The molecule has 0 amide bonds. The van der Waals surface area contributed by atoms with Crippen molar-refractivity contribution in [3.8, 4) is 6.07 Å². The summed E-state index contributed by atoms with van der Waals surface area (Å²) >= 11 is 1.55. The standard InChI is InChI=1S/C10H12N2OS/c11-5-9-1-2-10(14-9)6-12-8-3-4-13-7-8/h1-2,8,12H,3-4,6-7H2. The molecule has 0 bridgehead atoms. The minimum Gasteiger partial charge on any atom is -0.380 e. The second-order valence-electron chi connectivity index (χ2n) is 3.32. The Hall–Kier alpha value is -0.890. The van der Waals surface area contributed by atoms with Crippen molar-refractivity contribution in [2.45, 2.75) is 19.0 Å². The molecule has 1 fully saturated rings. The molecule has 3 nitrogen and oxygen atoms in total. The monoisotopic (exact) mass is 208 g/mol. The molecule has 14 heavy (non-hydrogen) atoms. The van der Waals surface area contributed by atoms with E-state index in [9.17, 15) is 0 Å². The Balaban J connectivity index is 1.82. The molecule has 1 aromatic heterocycles. The number of ether oxygens (including phenoxy) is 1. The Kier molecular flexibility index (Phi) is 3.14. The van der Waals surface area contributed by atoms with Gasteiger partial charge in [-0.1, -0.05) is 0 Å². The number of rotatable bonds is 3. The third-order valence-corrected chi connectivity index (χ3v) is 3.26. The molecule has 0 aliphatic carbocycles. The molecule has 2 heterocycles. The van der Waals surface area contributed by atoms with Crippen LogP contribution in [0.4, 0.5) is 0 Å². The zero-order valence-corrected chi connectivity index (χ0v) is 8.64. The van der Waals surface area contributed by atoms with Gasteiger partial charge in [-0.2, -0.15) is 5.26 Å². The lowest BCUT2D eigenvalue weighted by Gasteiger charge is -2.08. The van der Waals surface area contributed by atoms with Crippen molar-refractivity contribution in [1.29, 1.82) is 5.26 Å². The minimum atomic E-state index is 0.489. The van der Waals surface area contributed by atoms with Crippen LogP contribution in [0.2, 0.25) is 0 Å². The summed E-state index contributed by atoms with van der Waals surface area (Å²) in [6.07, 6.45) is 1.09. The first kappa shape index (κ1) is 9.66. The molecule has 2 rings (SSSR count). The van der Waals surface area contributed by atoms with Crippen molar-refractivity contribution >= 4 is 11.3 Å². The minimum absolute atomic E-state index is 0.489. The summed E-state index contributed by atoms with van der Waals surface area (Å²) in [6.45, 7) is 2.53. The highest BCUT2D eigenvalue weighted by Crippen LogP contribution is 2.15. The predicted octanol–water partition coefficient (Wildman–Crippen LogP) is 1.50. The topological polar surface area (TPSA) is 45.0 Å². The summed E-state index contributed by atoms with van der Waals surface area (Å²) in [4.78, 5) is 2.00. The number of thiophene rings is 1. The van der Waals surface area contributed by atoms with E-state index >= 15 is 0 Å². The lowest BCUT2D eigenvalue weighted by atomic mass is 10.2. The van der Waals surface area contributed by atoms with Gasteiger partial charge in [0.1, 0.15) is 10.9 Å². The summed E-state index contributed by atoms with van der Waals surface area (Å²) in [7, 11) is 0. The number of nitrogens with one attached hydrogen (secondary N) is 1. The zero-order valence-electron chi connectivity index (χ0n) is 7.82. The van der Waals surface area contributed by atoms with E-state index in [1.54, 1.807) is 11.3 Å². The molecule has 74 valence electrons. The fraction of sp³-hybridized carbons (Fsp3) is 0.500. The van der Waals surface area contributed by atoms with Gasteiger partial charge in [0.05, 0.1) is 6.61 Å². The molecule has 1 saturated heterocycles. The van der Waals surface area contributed by atoms with E-state index in [2.05, 4.69) is 11.4 Å². The third kappa shape index (κ3) is 2.32. The molecule has 1 aromatic rings. The molecule has 1 unspecified atom stereocenters. The largest absolute Gasteiger partial charge is 0.380 e. The number of nitrogens with zero attached hydrogens (tertiary/aromatic N) is 1. The number of hydrogen-bond acceptors (Lipinski definition) is 4. The van der Waals surface area contributed by atoms with E-state index in [-0.39, 0.29) is 0 Å². The Morgan fingerprint density at radius 3 is 3.21 bits per heavy atom. The molecule has 0 radical (unpaired) electrons. The maximum absolute atomic E-state index is 8.65. The average Bonchev–Trinajstić information content (AvgIpc) is 2.86. The van der Waals surface area contributed by atoms with Crippen LogP contribution in [0.25, 0.3) is 0 Å².